The number of nitrogen functional groups attached to an aromatic ring is 1. The predicted molar refractivity (Wildman–Crippen MR) is 52.2 cm³/mol. The lowest BCUT2D eigenvalue weighted by atomic mass is 10.1. The van der Waals surface area contributed by atoms with Gasteiger partial charge in [0.2, 0.25) is 5.75 Å². The first-order chi connectivity index (χ1) is 6.61. The van der Waals surface area contributed by atoms with Crippen molar-refractivity contribution in [3.8, 4) is 17.2 Å². The van der Waals surface area contributed by atoms with Crippen LogP contribution in [-0.2, 0) is 0 Å². The van der Waals surface area contributed by atoms with Crippen molar-refractivity contribution in [2.45, 2.75) is 0 Å². The van der Waals surface area contributed by atoms with Gasteiger partial charge in [-0.3, -0.25) is 5.41 Å². The summed E-state index contributed by atoms with van der Waals surface area (Å²) in [7, 11) is 2.87. The lowest BCUT2D eigenvalue weighted by Gasteiger charge is -2.11. The molecule has 4 N–H and O–H groups in total. The van der Waals surface area contributed by atoms with E-state index in [0.717, 1.165) is 0 Å². The zero-order chi connectivity index (χ0) is 10.7. The SMILES string of the molecule is COc1ccc(C(=N)N)c(O)c1OC. The van der Waals surface area contributed by atoms with E-state index in [0.29, 0.717) is 5.75 Å². The largest absolute Gasteiger partial charge is 0.504 e. The van der Waals surface area contributed by atoms with E-state index in [-0.39, 0.29) is 22.9 Å². The molecule has 5 heteroatoms. The Bertz CT molecular complexity index is 363. The molecule has 1 rings (SSSR count). The fourth-order valence-electron chi connectivity index (χ4n) is 1.13. The first-order valence-electron chi connectivity index (χ1n) is 3.90. The van der Waals surface area contributed by atoms with Crippen molar-refractivity contribution in [2.24, 2.45) is 5.73 Å². The molecule has 5 nitrogen and oxygen atoms in total. The second-order valence-corrected chi connectivity index (χ2v) is 2.61. The second kappa shape index (κ2) is 3.87. The Kier molecular flexibility index (Phi) is 2.81. The van der Waals surface area contributed by atoms with Crippen LogP contribution in [0, 0.1) is 5.41 Å². The van der Waals surface area contributed by atoms with Crippen molar-refractivity contribution in [1.82, 2.24) is 0 Å². The first kappa shape index (κ1) is 10.2. The van der Waals surface area contributed by atoms with Gasteiger partial charge in [-0.2, -0.15) is 0 Å². The van der Waals surface area contributed by atoms with Crippen molar-refractivity contribution < 1.29 is 14.6 Å². The Morgan fingerprint density at radius 2 is 2.00 bits per heavy atom. The number of nitrogens with one attached hydrogen (secondary N) is 1. The maximum absolute atomic E-state index is 9.65. The van der Waals surface area contributed by atoms with Gasteiger partial charge in [-0.25, -0.2) is 0 Å². The molecule has 0 aliphatic carbocycles. The van der Waals surface area contributed by atoms with Crippen LogP contribution in [0.15, 0.2) is 12.1 Å². The van der Waals surface area contributed by atoms with Crippen LogP contribution in [0.25, 0.3) is 0 Å². The Labute approximate surface area is 81.6 Å². The minimum atomic E-state index is -0.219. The van der Waals surface area contributed by atoms with Crippen LogP contribution in [0.1, 0.15) is 5.56 Å². The zero-order valence-corrected chi connectivity index (χ0v) is 8.00. The van der Waals surface area contributed by atoms with Gasteiger partial charge in [-0.15, -0.1) is 0 Å². The normalized spacial score (nSPS) is 9.57. The van der Waals surface area contributed by atoms with Crippen LogP contribution in [0.3, 0.4) is 0 Å². The summed E-state index contributed by atoms with van der Waals surface area (Å²) in [6.45, 7) is 0. The monoisotopic (exact) mass is 196 g/mol. The molecular formula is C9H12N2O3. The molecule has 1 aromatic carbocycles. The minimum Gasteiger partial charge on any atom is -0.504 e. The first-order valence-corrected chi connectivity index (χ1v) is 3.90. The fraction of sp³-hybridized carbons (Fsp3) is 0.222. The third kappa shape index (κ3) is 1.56. The molecule has 0 saturated heterocycles. The van der Waals surface area contributed by atoms with E-state index in [2.05, 4.69) is 0 Å². The van der Waals surface area contributed by atoms with E-state index in [1.807, 2.05) is 0 Å². The predicted octanol–water partition coefficient (Wildman–Crippen LogP) is 0.693. The van der Waals surface area contributed by atoms with Gasteiger partial charge in [0.1, 0.15) is 5.84 Å². The molecule has 0 atom stereocenters. The number of nitrogens with two attached hydrogens (primary N) is 1. The molecule has 0 radical (unpaired) electrons. The van der Waals surface area contributed by atoms with Crippen LogP contribution in [0.4, 0.5) is 0 Å². The van der Waals surface area contributed by atoms with Gasteiger partial charge in [0.05, 0.1) is 19.8 Å². The number of methoxy groups -OCH3 is 2. The number of rotatable bonds is 3. The number of ether oxygens (including phenoxy) is 2. The van der Waals surface area contributed by atoms with Crippen molar-refractivity contribution in [1.29, 1.82) is 5.41 Å². The van der Waals surface area contributed by atoms with Crippen LogP contribution in [0.5, 0.6) is 17.2 Å². The second-order valence-electron chi connectivity index (χ2n) is 2.61. The highest BCUT2D eigenvalue weighted by atomic mass is 16.5. The number of benzene rings is 1. The summed E-state index contributed by atoms with van der Waals surface area (Å²) >= 11 is 0. The molecule has 0 amide bonds. The molecule has 0 fully saturated rings. The smallest absolute Gasteiger partial charge is 0.203 e. The Balaban J connectivity index is 3.34. The summed E-state index contributed by atoms with van der Waals surface area (Å²) in [6.07, 6.45) is 0. The third-order valence-electron chi connectivity index (χ3n) is 1.81. The molecular weight excluding hydrogens is 184 g/mol. The van der Waals surface area contributed by atoms with Gasteiger partial charge >= 0.3 is 0 Å². The maximum atomic E-state index is 9.65. The van der Waals surface area contributed by atoms with Gasteiger partial charge in [-0.1, -0.05) is 0 Å². The highest BCUT2D eigenvalue weighted by Crippen LogP contribution is 2.38. The van der Waals surface area contributed by atoms with Crippen LogP contribution in [-0.4, -0.2) is 25.2 Å². The van der Waals surface area contributed by atoms with E-state index < -0.39 is 0 Å². The summed E-state index contributed by atoms with van der Waals surface area (Å²) in [4.78, 5) is 0. The number of hydrogen-bond acceptors (Lipinski definition) is 4. The summed E-state index contributed by atoms with van der Waals surface area (Å²) < 4.78 is 9.89. The molecule has 14 heavy (non-hydrogen) atoms. The summed E-state index contributed by atoms with van der Waals surface area (Å²) in [6, 6.07) is 3.08. The third-order valence-corrected chi connectivity index (χ3v) is 1.81. The average molecular weight is 196 g/mol. The standard InChI is InChI=1S/C9H12N2O3/c1-13-6-4-3-5(9(10)11)7(12)8(6)14-2/h3-4,12H,1-2H3,(H3,10,11). The average Bonchev–Trinajstić information content (AvgIpc) is 2.16. The molecule has 0 spiro atoms. The van der Waals surface area contributed by atoms with Crippen LogP contribution >= 0.6 is 0 Å². The Morgan fingerprint density at radius 3 is 2.43 bits per heavy atom. The minimum absolute atomic E-state index is 0.181. The highest BCUT2D eigenvalue weighted by Gasteiger charge is 2.15. The van der Waals surface area contributed by atoms with Crippen molar-refractivity contribution >= 4 is 5.84 Å². The molecule has 1 aromatic rings. The van der Waals surface area contributed by atoms with E-state index in [9.17, 15) is 5.11 Å². The quantitative estimate of drug-likeness (QED) is 0.490. The Hall–Kier alpha value is -1.91. The van der Waals surface area contributed by atoms with Crippen molar-refractivity contribution in [2.75, 3.05) is 14.2 Å². The molecule has 0 aromatic heterocycles. The molecule has 0 heterocycles. The van der Waals surface area contributed by atoms with E-state index in [4.69, 9.17) is 20.6 Å². The Morgan fingerprint density at radius 1 is 1.36 bits per heavy atom. The number of amidine groups is 1. The van der Waals surface area contributed by atoms with Crippen molar-refractivity contribution in [3.63, 3.8) is 0 Å². The number of aromatic hydroxyl groups is 1. The van der Waals surface area contributed by atoms with Crippen LogP contribution in [0.2, 0.25) is 0 Å². The van der Waals surface area contributed by atoms with Gasteiger partial charge in [0.15, 0.2) is 11.5 Å². The molecule has 0 aliphatic heterocycles. The molecule has 0 saturated carbocycles. The number of phenolic OH excluding ortho intramolecular Hbond substituents is 1. The lowest BCUT2D eigenvalue weighted by Crippen LogP contribution is -2.11. The lowest BCUT2D eigenvalue weighted by molar-refractivity contribution is 0.333. The topological polar surface area (TPSA) is 88.6 Å². The van der Waals surface area contributed by atoms with Gasteiger partial charge in [0, 0.05) is 0 Å². The van der Waals surface area contributed by atoms with Gasteiger partial charge in [0.25, 0.3) is 0 Å². The van der Waals surface area contributed by atoms with E-state index >= 15 is 0 Å². The van der Waals surface area contributed by atoms with E-state index in [1.165, 1.54) is 20.3 Å². The maximum Gasteiger partial charge on any atom is 0.203 e. The van der Waals surface area contributed by atoms with Gasteiger partial charge in [-0.05, 0) is 12.1 Å². The van der Waals surface area contributed by atoms with Gasteiger partial charge < -0.3 is 20.3 Å². The zero-order valence-electron chi connectivity index (χ0n) is 8.00. The number of phenols is 1. The van der Waals surface area contributed by atoms with Crippen molar-refractivity contribution in [3.05, 3.63) is 17.7 Å². The molecule has 0 unspecified atom stereocenters. The molecule has 0 aliphatic rings. The number of hydrogen-bond donors (Lipinski definition) is 3. The summed E-state index contributed by atoms with van der Waals surface area (Å²) in [5.74, 6) is 0.179. The fourth-order valence-corrected chi connectivity index (χ4v) is 1.13. The molecule has 0 bridgehead atoms. The highest BCUT2D eigenvalue weighted by molar-refractivity contribution is 5.98. The van der Waals surface area contributed by atoms with E-state index in [1.54, 1.807) is 6.07 Å². The summed E-state index contributed by atoms with van der Waals surface area (Å²) in [5.41, 5.74) is 5.48. The summed E-state index contributed by atoms with van der Waals surface area (Å²) in [5, 5.41) is 16.8. The van der Waals surface area contributed by atoms with Crippen LogP contribution < -0.4 is 15.2 Å². The molecule has 76 valence electrons.